The van der Waals surface area contributed by atoms with E-state index in [1.165, 1.54) is 11.0 Å². The second-order valence-electron chi connectivity index (χ2n) is 15.0. The minimum atomic E-state index is -5.16. The Bertz CT molecular complexity index is 1810. The number of ether oxygens (including phenoxy) is 4. The molecule has 1 heterocycles. The summed E-state index contributed by atoms with van der Waals surface area (Å²) in [5.41, 5.74) is -2.56. The number of hydrogen-bond acceptors (Lipinski definition) is 10. The van der Waals surface area contributed by atoms with Crippen LogP contribution in [0.5, 0.6) is 5.75 Å². The number of hydrogen-bond donors (Lipinski definition) is 2. The van der Waals surface area contributed by atoms with Crippen LogP contribution in [0.3, 0.4) is 0 Å². The van der Waals surface area contributed by atoms with E-state index in [1.54, 1.807) is 76.6 Å². The Morgan fingerprint density at radius 1 is 1.05 bits per heavy atom. The normalized spacial score (nSPS) is 14.1. The highest BCUT2D eigenvalue weighted by Crippen LogP contribution is 2.45. The number of carbonyl (C=O) groups is 4. The molecule has 304 valence electrons. The highest BCUT2D eigenvalue weighted by atomic mass is 32.2. The van der Waals surface area contributed by atoms with Gasteiger partial charge >= 0.3 is 34.5 Å². The lowest BCUT2D eigenvalue weighted by Crippen LogP contribution is -2.49. The van der Waals surface area contributed by atoms with Crippen LogP contribution in [0.4, 0.5) is 30.1 Å². The SMILES string of the molecule is C=CCOC(=O)NS(=O)(=O)N(CC(=O)OC(C)(C)C)c1c(OCc2ccccc2)cc2c(c1F)C[C@H](CN(CC(CC)CC)C(=O)OC(C)(C)C)N2C(=O)O. The number of carbonyl (C=O) groups excluding carboxylic acids is 3. The molecule has 0 saturated heterocycles. The maximum Gasteiger partial charge on any atom is 0.422 e. The number of benzene rings is 2. The summed E-state index contributed by atoms with van der Waals surface area (Å²) in [6, 6.07) is 8.69. The van der Waals surface area contributed by atoms with E-state index in [2.05, 4.69) is 6.58 Å². The van der Waals surface area contributed by atoms with Crippen LogP contribution in [0.2, 0.25) is 0 Å². The van der Waals surface area contributed by atoms with E-state index in [1.807, 2.05) is 13.8 Å². The first kappa shape index (κ1) is 44.3. The Morgan fingerprint density at radius 3 is 2.22 bits per heavy atom. The summed E-state index contributed by atoms with van der Waals surface area (Å²) in [6.45, 7) is 15.4. The Balaban J connectivity index is 2.26. The fraction of sp³-hybridized carbons (Fsp3) is 0.526. The maximum atomic E-state index is 17.3. The zero-order chi connectivity index (χ0) is 41.3. The number of anilines is 2. The third kappa shape index (κ3) is 12.5. The molecule has 3 rings (SSSR count). The van der Waals surface area contributed by atoms with Gasteiger partial charge in [0.25, 0.3) is 0 Å². The predicted octanol–water partition coefficient (Wildman–Crippen LogP) is 6.79. The lowest BCUT2D eigenvalue weighted by Gasteiger charge is -2.33. The van der Waals surface area contributed by atoms with Crippen molar-refractivity contribution in [2.24, 2.45) is 5.92 Å². The molecule has 1 atom stereocenters. The first-order valence-electron chi connectivity index (χ1n) is 17.9. The van der Waals surface area contributed by atoms with Crippen LogP contribution in [0, 0.1) is 11.7 Å². The lowest BCUT2D eigenvalue weighted by atomic mass is 10.0. The van der Waals surface area contributed by atoms with E-state index in [-0.39, 0.29) is 54.2 Å². The van der Waals surface area contributed by atoms with Gasteiger partial charge in [0.05, 0.1) is 11.7 Å². The molecule has 1 aliphatic heterocycles. The van der Waals surface area contributed by atoms with Crippen molar-refractivity contribution in [3.05, 3.63) is 66.0 Å². The van der Waals surface area contributed by atoms with Crippen LogP contribution in [-0.2, 0) is 42.2 Å². The first-order valence-corrected chi connectivity index (χ1v) is 19.4. The van der Waals surface area contributed by atoms with E-state index in [4.69, 9.17) is 18.9 Å². The molecule has 2 aromatic carbocycles. The molecule has 0 fully saturated rings. The van der Waals surface area contributed by atoms with Gasteiger partial charge in [-0.2, -0.15) is 8.42 Å². The molecular formula is C38H53FN4O11S. The third-order valence-corrected chi connectivity index (χ3v) is 9.60. The third-order valence-electron chi connectivity index (χ3n) is 8.28. The van der Waals surface area contributed by atoms with E-state index in [9.17, 15) is 32.7 Å². The van der Waals surface area contributed by atoms with Crippen LogP contribution in [-0.4, -0.2) is 86.2 Å². The van der Waals surface area contributed by atoms with Gasteiger partial charge in [0, 0.05) is 31.1 Å². The highest BCUT2D eigenvalue weighted by Gasteiger charge is 2.43. The van der Waals surface area contributed by atoms with Gasteiger partial charge in [-0.15, -0.1) is 0 Å². The number of carboxylic acid groups (broad SMARTS) is 1. The zero-order valence-corrected chi connectivity index (χ0v) is 33.5. The molecule has 0 spiro atoms. The molecule has 1 aliphatic rings. The smallest absolute Gasteiger partial charge is 0.422 e. The van der Waals surface area contributed by atoms with Gasteiger partial charge in [0.2, 0.25) is 0 Å². The van der Waals surface area contributed by atoms with Gasteiger partial charge in [-0.05, 0) is 53.0 Å². The zero-order valence-electron chi connectivity index (χ0n) is 32.7. The van der Waals surface area contributed by atoms with Gasteiger partial charge in [0.1, 0.15) is 42.4 Å². The summed E-state index contributed by atoms with van der Waals surface area (Å²) < 4.78 is 68.9. The van der Waals surface area contributed by atoms with Crippen molar-refractivity contribution in [3.8, 4) is 5.75 Å². The van der Waals surface area contributed by atoms with Gasteiger partial charge < -0.3 is 29.0 Å². The second kappa shape index (κ2) is 18.5. The summed E-state index contributed by atoms with van der Waals surface area (Å²) in [5, 5.41) is 10.5. The molecule has 2 N–H and O–H groups in total. The minimum Gasteiger partial charge on any atom is -0.487 e. The summed E-state index contributed by atoms with van der Waals surface area (Å²) in [7, 11) is -5.16. The van der Waals surface area contributed by atoms with Crippen LogP contribution in [0.25, 0.3) is 0 Å². The number of amides is 3. The molecule has 0 bridgehead atoms. The molecule has 0 saturated carbocycles. The number of fused-ring (bicyclic) bond motifs is 1. The second-order valence-corrected chi connectivity index (χ2v) is 16.6. The van der Waals surface area contributed by atoms with Crippen LogP contribution >= 0.6 is 0 Å². The van der Waals surface area contributed by atoms with Crippen molar-refractivity contribution >= 4 is 45.8 Å². The van der Waals surface area contributed by atoms with Gasteiger partial charge in [-0.25, -0.2) is 27.8 Å². The van der Waals surface area contributed by atoms with Crippen molar-refractivity contribution in [2.75, 3.05) is 35.4 Å². The Hall–Kier alpha value is -5.06. The molecule has 17 heteroatoms. The summed E-state index contributed by atoms with van der Waals surface area (Å²) in [5.74, 6) is -2.77. The average Bonchev–Trinajstić information content (AvgIpc) is 3.44. The average molecular weight is 793 g/mol. The number of esters is 1. The van der Waals surface area contributed by atoms with Crippen molar-refractivity contribution in [2.45, 2.75) is 98.5 Å². The predicted molar refractivity (Wildman–Crippen MR) is 204 cm³/mol. The van der Waals surface area contributed by atoms with Crippen molar-refractivity contribution in [3.63, 3.8) is 0 Å². The Labute approximate surface area is 322 Å². The summed E-state index contributed by atoms with van der Waals surface area (Å²) in [6.07, 6.45) is -1.27. The van der Waals surface area contributed by atoms with Gasteiger partial charge in [0.15, 0.2) is 5.82 Å². The molecule has 0 radical (unpaired) electrons. The molecule has 0 aromatic heterocycles. The molecule has 3 amide bonds. The van der Waals surface area contributed by atoms with Crippen LogP contribution in [0.1, 0.15) is 79.4 Å². The fourth-order valence-corrected chi connectivity index (χ4v) is 6.89. The Morgan fingerprint density at radius 2 is 1.67 bits per heavy atom. The molecule has 0 aliphatic carbocycles. The van der Waals surface area contributed by atoms with Crippen LogP contribution in [0.15, 0.2) is 49.1 Å². The largest absolute Gasteiger partial charge is 0.487 e. The standard InChI is InChI=1S/C38H53FN4O11S/c1-10-18-51-34(45)40-55(49,50)42(23-31(44)53-37(4,5)6)33-30(52-24-26-16-14-13-15-17-26)20-29-28(32(33)39)19-27(43(29)35(46)47)22-41(21-25(11-2)12-3)36(48)54-38(7,8)9/h10,13-17,20,25,27H,1,11-12,18-19,21-24H2,2-9H3,(H,40,45)(H,46,47)/t27-/m1/s1. The van der Waals surface area contributed by atoms with Crippen molar-refractivity contribution < 1.29 is 56.0 Å². The number of rotatable bonds is 16. The fourth-order valence-electron chi connectivity index (χ4n) is 5.82. The quantitative estimate of drug-likeness (QED) is 0.104. The summed E-state index contributed by atoms with van der Waals surface area (Å²) >= 11 is 0. The number of nitrogens with one attached hydrogen (secondary N) is 1. The van der Waals surface area contributed by atoms with Crippen molar-refractivity contribution in [1.82, 2.24) is 9.62 Å². The Kier molecular flexibility index (Phi) is 14.9. The van der Waals surface area contributed by atoms with Gasteiger partial charge in [-0.1, -0.05) is 69.7 Å². The number of halogens is 1. The topological polar surface area (TPSA) is 181 Å². The van der Waals surface area contributed by atoms with E-state index < -0.39 is 75.5 Å². The monoisotopic (exact) mass is 792 g/mol. The molecule has 2 aromatic rings. The maximum absolute atomic E-state index is 17.3. The van der Waals surface area contributed by atoms with Crippen LogP contribution < -0.4 is 18.7 Å². The van der Waals surface area contributed by atoms with Crippen molar-refractivity contribution in [1.29, 1.82) is 0 Å². The highest BCUT2D eigenvalue weighted by molar-refractivity contribution is 7.91. The van der Waals surface area contributed by atoms with E-state index in [0.717, 1.165) is 23.8 Å². The van der Waals surface area contributed by atoms with Gasteiger partial charge in [-0.3, -0.25) is 9.69 Å². The van der Waals surface area contributed by atoms with E-state index in [0.29, 0.717) is 5.56 Å². The van der Waals surface area contributed by atoms with E-state index >= 15 is 4.39 Å². The molecule has 55 heavy (non-hydrogen) atoms. The lowest BCUT2D eigenvalue weighted by molar-refractivity contribution is -0.152. The summed E-state index contributed by atoms with van der Waals surface area (Å²) in [4.78, 5) is 54.5. The minimum absolute atomic E-state index is 0.0493. The molecular weight excluding hydrogens is 740 g/mol. The molecule has 15 nitrogen and oxygen atoms in total. The first-order chi connectivity index (χ1) is 25.6. The molecule has 0 unspecified atom stereocenters. The number of nitrogens with zero attached hydrogens (tertiary/aromatic N) is 3.